The zero-order valence-corrected chi connectivity index (χ0v) is 13.5. The molecule has 1 aliphatic rings. The predicted molar refractivity (Wildman–Crippen MR) is 79.9 cm³/mol. The van der Waals surface area contributed by atoms with Gasteiger partial charge in [-0.15, -0.1) is 0 Å². The van der Waals surface area contributed by atoms with E-state index in [1.165, 1.54) is 0 Å². The van der Waals surface area contributed by atoms with Crippen LogP contribution in [0.1, 0.15) is 19.4 Å². The molecule has 0 aromatic heterocycles. The van der Waals surface area contributed by atoms with Crippen LogP contribution in [0.3, 0.4) is 0 Å². The van der Waals surface area contributed by atoms with Gasteiger partial charge in [-0.2, -0.15) is 0 Å². The van der Waals surface area contributed by atoms with E-state index in [-0.39, 0.29) is 18.7 Å². The van der Waals surface area contributed by atoms with E-state index in [0.717, 1.165) is 21.5 Å². The molecule has 6 heteroatoms. The van der Waals surface area contributed by atoms with Crippen molar-refractivity contribution >= 4 is 21.8 Å². The first-order valence-corrected chi connectivity index (χ1v) is 7.38. The highest BCUT2D eigenvalue weighted by Gasteiger charge is 2.19. The van der Waals surface area contributed by atoms with E-state index in [0.29, 0.717) is 13.1 Å². The third-order valence-electron chi connectivity index (χ3n) is 3.32. The maximum Gasteiger partial charge on any atom is 0.239 e. The number of rotatable bonds is 5. The molecular weight excluding hydrogens is 324 g/mol. The van der Waals surface area contributed by atoms with Gasteiger partial charge in [-0.1, -0.05) is 0 Å². The van der Waals surface area contributed by atoms with Gasteiger partial charge in [-0.3, -0.25) is 4.79 Å². The molecule has 0 radical (unpaired) electrons. The first-order chi connectivity index (χ1) is 9.52. The Morgan fingerprint density at radius 3 is 2.95 bits per heavy atom. The second kappa shape index (κ2) is 6.45. The summed E-state index contributed by atoms with van der Waals surface area (Å²) in [7, 11) is 1.80. The Balaban J connectivity index is 1.98. The number of fused-ring (bicyclic) bond motifs is 1. The molecule has 1 heterocycles. The van der Waals surface area contributed by atoms with Gasteiger partial charge in [0.2, 0.25) is 12.7 Å². The van der Waals surface area contributed by atoms with Gasteiger partial charge in [0.05, 0.1) is 10.5 Å². The molecule has 5 nitrogen and oxygen atoms in total. The van der Waals surface area contributed by atoms with E-state index in [4.69, 9.17) is 9.47 Å². The van der Waals surface area contributed by atoms with Gasteiger partial charge in [-0.05, 0) is 47.5 Å². The minimum Gasteiger partial charge on any atom is -0.454 e. The lowest BCUT2D eigenvalue weighted by Gasteiger charge is -2.20. The van der Waals surface area contributed by atoms with Crippen LogP contribution in [-0.2, 0) is 11.3 Å². The van der Waals surface area contributed by atoms with E-state index in [2.05, 4.69) is 21.2 Å². The molecule has 1 atom stereocenters. The Labute approximate surface area is 127 Å². The summed E-state index contributed by atoms with van der Waals surface area (Å²) in [5.74, 6) is 1.57. The van der Waals surface area contributed by atoms with E-state index in [1.54, 1.807) is 11.9 Å². The van der Waals surface area contributed by atoms with E-state index in [1.807, 2.05) is 26.0 Å². The molecule has 20 heavy (non-hydrogen) atoms. The number of amides is 1. The summed E-state index contributed by atoms with van der Waals surface area (Å²) in [6.45, 7) is 5.39. The number of carbonyl (C=O) groups is 1. The summed E-state index contributed by atoms with van der Waals surface area (Å²) in [5, 5.41) is 3.22. The number of halogens is 1. The maximum absolute atomic E-state index is 12.0. The van der Waals surface area contributed by atoms with Crippen LogP contribution in [0, 0.1) is 0 Å². The second-order valence-corrected chi connectivity index (χ2v) is 5.62. The third-order valence-corrected chi connectivity index (χ3v) is 3.91. The van der Waals surface area contributed by atoms with Crippen LogP contribution in [0.25, 0.3) is 0 Å². The Hall–Kier alpha value is -1.27. The molecule has 0 saturated heterocycles. The van der Waals surface area contributed by atoms with Gasteiger partial charge in [0.1, 0.15) is 0 Å². The summed E-state index contributed by atoms with van der Waals surface area (Å²) in [6.07, 6.45) is 0. The summed E-state index contributed by atoms with van der Waals surface area (Å²) >= 11 is 3.46. The fourth-order valence-corrected chi connectivity index (χ4v) is 2.57. The number of nitrogens with one attached hydrogen (secondary N) is 1. The highest BCUT2D eigenvalue weighted by Crippen LogP contribution is 2.39. The number of carbonyl (C=O) groups excluding carboxylic acids is 1. The van der Waals surface area contributed by atoms with Crippen molar-refractivity contribution in [2.75, 3.05) is 20.4 Å². The topological polar surface area (TPSA) is 50.8 Å². The van der Waals surface area contributed by atoms with Gasteiger partial charge in [0.25, 0.3) is 0 Å². The number of hydrogen-bond acceptors (Lipinski definition) is 4. The van der Waals surface area contributed by atoms with Crippen LogP contribution >= 0.6 is 15.9 Å². The van der Waals surface area contributed by atoms with Crippen molar-refractivity contribution in [1.29, 1.82) is 0 Å². The van der Waals surface area contributed by atoms with Crippen molar-refractivity contribution in [2.24, 2.45) is 0 Å². The summed E-state index contributed by atoms with van der Waals surface area (Å²) in [5.41, 5.74) is 1.04. The lowest BCUT2D eigenvalue weighted by molar-refractivity contribution is -0.131. The number of benzene rings is 1. The van der Waals surface area contributed by atoms with Crippen molar-refractivity contribution in [3.63, 3.8) is 0 Å². The van der Waals surface area contributed by atoms with E-state index in [9.17, 15) is 4.79 Å². The lowest BCUT2D eigenvalue weighted by Crippen LogP contribution is -2.42. The first kappa shape index (κ1) is 15.1. The minimum atomic E-state index is -0.218. The summed E-state index contributed by atoms with van der Waals surface area (Å²) in [4.78, 5) is 13.7. The quantitative estimate of drug-likeness (QED) is 0.890. The molecule has 1 aliphatic heterocycles. The number of ether oxygens (including phenoxy) is 2. The third kappa shape index (κ3) is 3.24. The summed E-state index contributed by atoms with van der Waals surface area (Å²) < 4.78 is 11.6. The molecule has 1 unspecified atom stereocenters. The van der Waals surface area contributed by atoms with Gasteiger partial charge in [-0.25, -0.2) is 0 Å². The van der Waals surface area contributed by atoms with Gasteiger partial charge in [0.15, 0.2) is 11.5 Å². The zero-order chi connectivity index (χ0) is 14.7. The zero-order valence-electron chi connectivity index (χ0n) is 11.9. The molecule has 1 N–H and O–H groups in total. The Bertz CT molecular complexity index is 507. The lowest BCUT2D eigenvalue weighted by atomic mass is 10.2. The second-order valence-electron chi connectivity index (χ2n) is 4.77. The molecule has 1 aromatic carbocycles. The molecule has 0 bridgehead atoms. The van der Waals surface area contributed by atoms with Crippen LogP contribution in [-0.4, -0.2) is 37.2 Å². The van der Waals surface area contributed by atoms with Gasteiger partial charge in [0, 0.05) is 20.1 Å². The van der Waals surface area contributed by atoms with Gasteiger partial charge >= 0.3 is 0 Å². The fraction of sp³-hybridized carbons (Fsp3) is 0.500. The smallest absolute Gasteiger partial charge is 0.239 e. The molecule has 0 fully saturated rings. The number of likely N-dealkylation sites (N-methyl/N-ethyl adjacent to an activating group) is 1. The largest absolute Gasteiger partial charge is 0.454 e. The highest BCUT2D eigenvalue weighted by molar-refractivity contribution is 9.10. The molecule has 110 valence electrons. The average molecular weight is 343 g/mol. The molecular formula is C14H19BrN2O3. The van der Waals surface area contributed by atoms with Crippen LogP contribution in [0.4, 0.5) is 0 Å². The molecule has 0 aliphatic carbocycles. The van der Waals surface area contributed by atoms with Crippen molar-refractivity contribution in [2.45, 2.75) is 26.4 Å². The highest BCUT2D eigenvalue weighted by atomic mass is 79.9. The van der Waals surface area contributed by atoms with Crippen molar-refractivity contribution < 1.29 is 14.3 Å². The standard InChI is InChI=1S/C14H19BrN2O3/c1-4-17(3)14(18)9(2)16-7-10-5-11(15)13-12(6-10)19-8-20-13/h5-6,9,16H,4,7-8H2,1-3H3. The molecule has 1 aromatic rings. The predicted octanol–water partition coefficient (Wildman–Crippen LogP) is 2.13. The van der Waals surface area contributed by atoms with Crippen molar-refractivity contribution in [1.82, 2.24) is 10.2 Å². The number of hydrogen-bond donors (Lipinski definition) is 1. The minimum absolute atomic E-state index is 0.0901. The Kier molecular flexibility index (Phi) is 4.88. The average Bonchev–Trinajstić information content (AvgIpc) is 2.92. The summed E-state index contributed by atoms with van der Waals surface area (Å²) in [6, 6.07) is 3.69. The monoisotopic (exact) mass is 342 g/mol. The SMILES string of the molecule is CCN(C)C(=O)C(C)NCc1cc(Br)c2c(c1)OCO2. The molecule has 2 rings (SSSR count). The van der Waals surface area contributed by atoms with E-state index < -0.39 is 0 Å². The fourth-order valence-electron chi connectivity index (χ4n) is 1.97. The van der Waals surface area contributed by atoms with Crippen molar-refractivity contribution in [3.8, 4) is 11.5 Å². The van der Waals surface area contributed by atoms with Crippen molar-refractivity contribution in [3.05, 3.63) is 22.2 Å². The van der Waals surface area contributed by atoms with Crippen LogP contribution < -0.4 is 14.8 Å². The van der Waals surface area contributed by atoms with Crippen LogP contribution in [0.2, 0.25) is 0 Å². The van der Waals surface area contributed by atoms with Crippen LogP contribution in [0.15, 0.2) is 16.6 Å². The molecule has 0 saturated carbocycles. The molecule has 1 amide bonds. The van der Waals surface area contributed by atoms with Gasteiger partial charge < -0.3 is 19.7 Å². The Morgan fingerprint density at radius 1 is 1.50 bits per heavy atom. The maximum atomic E-state index is 12.0. The first-order valence-electron chi connectivity index (χ1n) is 6.59. The van der Waals surface area contributed by atoms with E-state index >= 15 is 0 Å². The normalized spacial score (nSPS) is 14.2. The molecule has 0 spiro atoms. The number of nitrogens with zero attached hydrogens (tertiary/aromatic N) is 1. The van der Waals surface area contributed by atoms with Crippen LogP contribution in [0.5, 0.6) is 11.5 Å². The Morgan fingerprint density at radius 2 is 2.25 bits per heavy atom.